The minimum atomic E-state index is -5.33. The fourth-order valence-electron chi connectivity index (χ4n) is 3.80. The number of benzene rings is 3. The molecule has 0 aliphatic carbocycles. The lowest BCUT2D eigenvalue weighted by atomic mass is 10.0. The maximum Gasteiger partial charge on any atom is 0.491 e. The molecule has 0 aromatic heterocycles. The van der Waals surface area contributed by atoms with Crippen LogP contribution in [0.4, 0.5) is 18.9 Å². The highest BCUT2D eigenvalue weighted by atomic mass is 35.5. The van der Waals surface area contributed by atoms with Crippen LogP contribution in [0.3, 0.4) is 0 Å². The summed E-state index contributed by atoms with van der Waals surface area (Å²) in [5.74, 6) is -4.89. The molecular formula is C30H32ClF3N6O6. The van der Waals surface area contributed by atoms with Crippen LogP contribution < -0.4 is 41.8 Å². The standard InChI is InChI=1S/C30H32ClF3N6O6/c1-4-44-23-13-16(9-12-21(23)45-15-29(2,3)37)24(27(42)40-39-26(41)18-7-5-6-8-20(18)31)38-17-10-11-19(25(35)36)22(14-17)46-28(43)30(32,33)34/h5-14,24,38H,4,15,37H2,1-3H3,(H3,35,36)(H,39,41)(H,40,42). The zero-order chi connectivity index (χ0) is 34.2. The molecule has 8 N–H and O–H groups in total. The van der Waals surface area contributed by atoms with E-state index in [1.165, 1.54) is 36.4 Å². The Labute approximate surface area is 267 Å². The number of esters is 1. The summed E-state index contributed by atoms with van der Waals surface area (Å²) in [6.45, 7) is 5.62. The molecular weight excluding hydrogens is 633 g/mol. The van der Waals surface area contributed by atoms with Crippen molar-refractivity contribution in [2.24, 2.45) is 11.5 Å². The fraction of sp³-hybridized carbons (Fsp3) is 0.267. The predicted molar refractivity (Wildman–Crippen MR) is 164 cm³/mol. The number of nitrogens with two attached hydrogens (primary N) is 2. The van der Waals surface area contributed by atoms with Crippen LogP contribution in [-0.2, 0) is 9.59 Å². The Morgan fingerprint density at radius 2 is 1.63 bits per heavy atom. The number of nitrogens with one attached hydrogen (secondary N) is 4. The summed E-state index contributed by atoms with van der Waals surface area (Å²) in [5.41, 5.74) is 15.4. The summed E-state index contributed by atoms with van der Waals surface area (Å²) in [7, 11) is 0. The van der Waals surface area contributed by atoms with Crippen molar-refractivity contribution in [3.8, 4) is 17.2 Å². The third-order valence-corrected chi connectivity index (χ3v) is 6.23. The molecule has 246 valence electrons. The van der Waals surface area contributed by atoms with Crippen LogP contribution in [0.1, 0.15) is 48.3 Å². The fourth-order valence-corrected chi connectivity index (χ4v) is 4.02. The third kappa shape index (κ3) is 9.74. The Hall–Kier alpha value is -5.02. The second-order valence-corrected chi connectivity index (χ2v) is 10.8. The summed E-state index contributed by atoms with van der Waals surface area (Å²) in [4.78, 5) is 37.8. The second kappa shape index (κ2) is 14.8. The Morgan fingerprint density at radius 3 is 2.24 bits per heavy atom. The molecule has 0 saturated heterocycles. The molecule has 0 bridgehead atoms. The number of hydrazine groups is 1. The maximum absolute atomic E-state index is 13.6. The second-order valence-electron chi connectivity index (χ2n) is 10.4. The molecule has 3 rings (SSSR count). The highest BCUT2D eigenvalue weighted by molar-refractivity contribution is 6.33. The topological polar surface area (TPSA) is 191 Å². The number of ether oxygens (including phenoxy) is 3. The first-order valence-electron chi connectivity index (χ1n) is 13.6. The average molecular weight is 665 g/mol. The number of anilines is 1. The maximum atomic E-state index is 13.6. The lowest BCUT2D eigenvalue weighted by Gasteiger charge is -2.23. The van der Waals surface area contributed by atoms with E-state index < -0.39 is 47.1 Å². The molecule has 0 heterocycles. The Kier molecular flexibility index (Phi) is 11.4. The monoisotopic (exact) mass is 664 g/mol. The molecule has 0 aliphatic rings. The van der Waals surface area contributed by atoms with Crippen molar-refractivity contribution < 1.29 is 41.8 Å². The van der Waals surface area contributed by atoms with Crippen LogP contribution in [0.5, 0.6) is 17.2 Å². The molecule has 46 heavy (non-hydrogen) atoms. The van der Waals surface area contributed by atoms with Crippen molar-refractivity contribution in [3.05, 3.63) is 82.4 Å². The molecule has 0 radical (unpaired) electrons. The molecule has 0 spiro atoms. The number of hydrogen-bond donors (Lipinski definition) is 6. The van der Waals surface area contributed by atoms with E-state index in [2.05, 4.69) is 20.9 Å². The summed E-state index contributed by atoms with van der Waals surface area (Å²) in [6.07, 6.45) is -5.33. The first kappa shape index (κ1) is 35.5. The minimum Gasteiger partial charge on any atom is -0.490 e. The van der Waals surface area contributed by atoms with Gasteiger partial charge in [0.1, 0.15) is 24.2 Å². The quantitative estimate of drug-likeness (QED) is 0.0541. The zero-order valence-corrected chi connectivity index (χ0v) is 25.6. The van der Waals surface area contributed by atoms with Gasteiger partial charge in [-0.3, -0.25) is 25.8 Å². The molecule has 0 saturated carbocycles. The predicted octanol–water partition coefficient (Wildman–Crippen LogP) is 4.22. The van der Waals surface area contributed by atoms with Gasteiger partial charge in [-0.1, -0.05) is 29.8 Å². The van der Waals surface area contributed by atoms with Crippen molar-refractivity contribution >= 4 is 40.9 Å². The summed E-state index contributed by atoms with van der Waals surface area (Å²) in [6, 6.07) is 12.7. The van der Waals surface area contributed by atoms with E-state index >= 15 is 0 Å². The molecule has 2 amide bonds. The van der Waals surface area contributed by atoms with E-state index in [0.717, 1.165) is 12.1 Å². The first-order chi connectivity index (χ1) is 21.5. The van der Waals surface area contributed by atoms with E-state index in [-0.39, 0.29) is 46.4 Å². The van der Waals surface area contributed by atoms with Gasteiger partial charge in [0.2, 0.25) is 0 Å². The van der Waals surface area contributed by atoms with Crippen LogP contribution in [0, 0.1) is 5.41 Å². The van der Waals surface area contributed by atoms with E-state index in [4.69, 9.17) is 38.0 Å². The summed E-state index contributed by atoms with van der Waals surface area (Å²) in [5, 5.41) is 10.6. The van der Waals surface area contributed by atoms with Crippen molar-refractivity contribution in [2.45, 2.75) is 38.5 Å². The average Bonchev–Trinajstić information content (AvgIpc) is 2.97. The Balaban J connectivity index is 2.01. The number of alkyl halides is 3. The smallest absolute Gasteiger partial charge is 0.490 e. The SMILES string of the molecule is CCOc1cc(C(Nc2ccc(C(=N)N)c(OC(=O)C(F)(F)F)c2)C(=O)NNC(=O)c2ccccc2Cl)ccc1OCC(C)(C)N. The Morgan fingerprint density at radius 1 is 0.935 bits per heavy atom. The number of carbonyl (C=O) groups is 3. The highest BCUT2D eigenvalue weighted by Gasteiger charge is 2.42. The molecule has 3 aromatic carbocycles. The summed E-state index contributed by atoms with van der Waals surface area (Å²) < 4.78 is 54.9. The number of carbonyl (C=O) groups excluding carboxylic acids is 3. The van der Waals surface area contributed by atoms with Crippen LogP contribution in [0.15, 0.2) is 60.7 Å². The lowest BCUT2D eigenvalue weighted by molar-refractivity contribution is -0.189. The van der Waals surface area contributed by atoms with E-state index in [9.17, 15) is 27.6 Å². The highest BCUT2D eigenvalue weighted by Crippen LogP contribution is 2.34. The van der Waals surface area contributed by atoms with Gasteiger partial charge < -0.3 is 31.0 Å². The van der Waals surface area contributed by atoms with Gasteiger partial charge in [-0.2, -0.15) is 13.2 Å². The number of amidine groups is 1. The van der Waals surface area contributed by atoms with Gasteiger partial charge in [-0.25, -0.2) is 4.79 Å². The van der Waals surface area contributed by atoms with Gasteiger partial charge in [0.05, 0.1) is 22.8 Å². The number of rotatable bonds is 12. The van der Waals surface area contributed by atoms with Crippen molar-refractivity contribution in [1.29, 1.82) is 5.41 Å². The third-order valence-electron chi connectivity index (χ3n) is 5.90. The molecule has 16 heteroatoms. The van der Waals surface area contributed by atoms with Crippen LogP contribution in [0.2, 0.25) is 5.02 Å². The number of nitrogen functional groups attached to an aromatic ring is 1. The first-order valence-corrected chi connectivity index (χ1v) is 13.9. The van der Waals surface area contributed by atoms with Crippen LogP contribution in [-0.4, -0.2) is 48.5 Å². The summed E-state index contributed by atoms with van der Waals surface area (Å²) >= 11 is 6.08. The molecule has 1 atom stereocenters. The lowest BCUT2D eigenvalue weighted by Crippen LogP contribution is -2.45. The van der Waals surface area contributed by atoms with Crippen LogP contribution in [0.25, 0.3) is 0 Å². The zero-order valence-electron chi connectivity index (χ0n) is 24.9. The van der Waals surface area contributed by atoms with Crippen molar-refractivity contribution in [1.82, 2.24) is 10.9 Å². The Bertz CT molecular complexity index is 1610. The molecule has 12 nitrogen and oxygen atoms in total. The van der Waals surface area contributed by atoms with Crippen molar-refractivity contribution in [2.75, 3.05) is 18.5 Å². The normalized spacial score (nSPS) is 12.0. The number of amides is 2. The van der Waals surface area contributed by atoms with E-state index in [1.54, 1.807) is 32.9 Å². The van der Waals surface area contributed by atoms with E-state index in [1.807, 2.05) is 0 Å². The minimum absolute atomic E-state index is 0.0178. The molecule has 3 aromatic rings. The van der Waals surface area contributed by atoms with Gasteiger partial charge in [0.15, 0.2) is 11.5 Å². The van der Waals surface area contributed by atoms with Gasteiger partial charge in [0.25, 0.3) is 11.8 Å². The number of hydrogen-bond acceptors (Lipinski definition) is 9. The van der Waals surface area contributed by atoms with Gasteiger partial charge in [0, 0.05) is 17.3 Å². The van der Waals surface area contributed by atoms with Gasteiger partial charge >= 0.3 is 12.1 Å². The number of halogens is 4. The van der Waals surface area contributed by atoms with E-state index in [0.29, 0.717) is 5.75 Å². The van der Waals surface area contributed by atoms with Gasteiger partial charge in [-0.05, 0) is 62.7 Å². The van der Waals surface area contributed by atoms with Crippen LogP contribution >= 0.6 is 11.6 Å². The molecule has 0 aliphatic heterocycles. The largest absolute Gasteiger partial charge is 0.491 e. The molecule has 0 fully saturated rings. The van der Waals surface area contributed by atoms with Gasteiger partial charge in [-0.15, -0.1) is 0 Å². The molecule has 1 unspecified atom stereocenters. The van der Waals surface area contributed by atoms with Crippen molar-refractivity contribution in [3.63, 3.8) is 0 Å².